The van der Waals surface area contributed by atoms with Crippen LogP contribution in [0.5, 0.6) is 5.75 Å². The maximum Gasteiger partial charge on any atom is 0.247 e. The smallest absolute Gasteiger partial charge is 0.247 e. The van der Waals surface area contributed by atoms with Gasteiger partial charge >= 0.3 is 0 Å². The molecule has 1 aliphatic rings. The number of halogens is 1. The Kier molecular flexibility index (Phi) is 7.67. The van der Waals surface area contributed by atoms with Crippen molar-refractivity contribution in [2.45, 2.75) is 12.5 Å². The molecule has 1 atom stereocenters. The summed E-state index contributed by atoms with van der Waals surface area (Å²) in [6.45, 7) is 5.57. The Morgan fingerprint density at radius 3 is 2.74 bits per heavy atom. The number of amides is 1. The van der Waals surface area contributed by atoms with Crippen molar-refractivity contribution in [1.82, 2.24) is 14.9 Å². The first-order chi connectivity index (χ1) is 18.9. The molecular weight excluding hydrogens is 512 g/mol. The van der Waals surface area contributed by atoms with Crippen molar-refractivity contribution >= 4 is 51.4 Å². The van der Waals surface area contributed by atoms with Gasteiger partial charge in [-0.15, -0.1) is 0 Å². The predicted molar refractivity (Wildman–Crippen MR) is 159 cm³/mol. The molecule has 2 heterocycles. The normalized spacial score (nSPS) is 15.2. The first kappa shape index (κ1) is 26.5. The Bertz CT molecular complexity index is 1540. The van der Waals surface area contributed by atoms with Crippen LogP contribution in [0.2, 0.25) is 5.02 Å². The van der Waals surface area contributed by atoms with Gasteiger partial charge in [-0.05, 0) is 49.9 Å². The van der Waals surface area contributed by atoms with Crippen LogP contribution in [0.15, 0.2) is 73.4 Å². The van der Waals surface area contributed by atoms with E-state index in [0.29, 0.717) is 34.1 Å². The van der Waals surface area contributed by atoms with Crippen molar-refractivity contribution in [2.24, 2.45) is 0 Å². The monoisotopic (exact) mass is 542 g/mol. The van der Waals surface area contributed by atoms with Crippen LogP contribution in [-0.2, 0) is 4.79 Å². The van der Waals surface area contributed by atoms with Gasteiger partial charge in [-0.3, -0.25) is 4.79 Å². The minimum Gasteiger partial charge on any atom is -0.494 e. The van der Waals surface area contributed by atoms with Crippen molar-refractivity contribution in [3.05, 3.63) is 78.5 Å². The topological polar surface area (TPSA) is 82.6 Å². The van der Waals surface area contributed by atoms with Gasteiger partial charge in [-0.25, -0.2) is 9.97 Å². The number of ether oxygens (including phenoxy) is 1. The van der Waals surface area contributed by atoms with Crippen LogP contribution in [0.3, 0.4) is 0 Å². The number of anilines is 4. The fraction of sp³-hybridized carbons (Fsp3) is 0.233. The summed E-state index contributed by atoms with van der Waals surface area (Å²) in [5, 5.41) is 7.82. The van der Waals surface area contributed by atoms with Crippen molar-refractivity contribution in [3.8, 4) is 16.9 Å². The lowest BCUT2D eigenvalue weighted by molar-refractivity contribution is -0.111. The van der Waals surface area contributed by atoms with Crippen molar-refractivity contribution in [2.75, 3.05) is 49.8 Å². The standard InChI is InChI=1S/C30H31ClN6O2/c1-5-28(38)33-24-15-25(27(39-4)16-26(24)37(3)22-12-13-36(2)18-22)34-30-32-17-20-9-7-11-23(29(20)35-30)19-8-6-10-21(31)14-19/h5-11,14-17,22H,1,12-13,18H2,2-4H3,(H,33,38)(H,32,34,35). The Morgan fingerprint density at radius 2 is 2.03 bits per heavy atom. The number of fused-ring (bicyclic) bond motifs is 1. The molecule has 5 rings (SSSR count). The lowest BCUT2D eigenvalue weighted by atomic mass is 10.0. The first-order valence-electron chi connectivity index (χ1n) is 12.7. The molecule has 0 aliphatic carbocycles. The fourth-order valence-electron chi connectivity index (χ4n) is 4.96. The highest BCUT2D eigenvalue weighted by atomic mass is 35.5. The maximum atomic E-state index is 12.4. The lowest BCUT2D eigenvalue weighted by Crippen LogP contribution is -2.34. The highest BCUT2D eigenvalue weighted by molar-refractivity contribution is 6.30. The number of aromatic nitrogens is 2. The summed E-state index contributed by atoms with van der Waals surface area (Å²) in [5.41, 5.74) is 4.83. The number of likely N-dealkylation sites (tertiary alicyclic amines) is 1. The number of para-hydroxylation sites is 1. The molecule has 200 valence electrons. The minimum absolute atomic E-state index is 0.294. The van der Waals surface area contributed by atoms with E-state index in [0.717, 1.165) is 47.2 Å². The van der Waals surface area contributed by atoms with Gasteiger partial charge in [0, 0.05) is 47.9 Å². The molecule has 0 bridgehead atoms. The lowest BCUT2D eigenvalue weighted by Gasteiger charge is -2.29. The summed E-state index contributed by atoms with van der Waals surface area (Å²) < 4.78 is 5.77. The fourth-order valence-corrected chi connectivity index (χ4v) is 5.15. The molecule has 1 unspecified atom stereocenters. The summed E-state index contributed by atoms with van der Waals surface area (Å²) in [5.74, 6) is 0.707. The SMILES string of the molecule is C=CC(=O)Nc1cc(Nc2ncc3cccc(-c4cccc(Cl)c4)c3n2)c(OC)cc1N(C)C1CCN(C)C1. The van der Waals surface area contributed by atoms with Crippen LogP contribution in [-0.4, -0.2) is 61.1 Å². The number of carbonyl (C=O) groups excluding carboxylic acids is 1. The maximum absolute atomic E-state index is 12.4. The van der Waals surface area contributed by atoms with Crippen LogP contribution < -0.4 is 20.3 Å². The molecule has 1 aliphatic heterocycles. The number of rotatable bonds is 8. The molecule has 2 N–H and O–H groups in total. The van der Waals surface area contributed by atoms with Crippen LogP contribution in [0.4, 0.5) is 23.0 Å². The zero-order valence-corrected chi connectivity index (χ0v) is 23.0. The van der Waals surface area contributed by atoms with E-state index in [4.69, 9.17) is 21.3 Å². The molecule has 9 heteroatoms. The third-order valence-electron chi connectivity index (χ3n) is 7.05. The number of hydrogen-bond acceptors (Lipinski definition) is 7. The van der Waals surface area contributed by atoms with E-state index in [-0.39, 0.29) is 5.91 Å². The number of hydrogen-bond donors (Lipinski definition) is 2. The predicted octanol–water partition coefficient (Wildman–Crippen LogP) is 5.97. The summed E-state index contributed by atoms with van der Waals surface area (Å²) in [7, 11) is 5.77. The van der Waals surface area contributed by atoms with Gasteiger partial charge in [0.25, 0.3) is 0 Å². The zero-order valence-electron chi connectivity index (χ0n) is 22.2. The van der Waals surface area contributed by atoms with Gasteiger partial charge in [0.1, 0.15) is 5.75 Å². The molecular formula is C30H31ClN6O2. The molecule has 39 heavy (non-hydrogen) atoms. The molecule has 1 aromatic heterocycles. The largest absolute Gasteiger partial charge is 0.494 e. The van der Waals surface area contributed by atoms with E-state index in [2.05, 4.69) is 39.0 Å². The molecule has 0 spiro atoms. The number of nitrogens with one attached hydrogen (secondary N) is 2. The number of benzene rings is 3. The van der Waals surface area contributed by atoms with Crippen LogP contribution in [0.25, 0.3) is 22.0 Å². The molecule has 1 amide bonds. The van der Waals surface area contributed by atoms with Gasteiger partial charge in [-0.1, -0.05) is 48.5 Å². The quantitative estimate of drug-likeness (QED) is 0.265. The van der Waals surface area contributed by atoms with E-state index in [9.17, 15) is 4.79 Å². The second-order valence-electron chi connectivity index (χ2n) is 9.65. The molecule has 3 aromatic carbocycles. The molecule has 1 fully saturated rings. The third kappa shape index (κ3) is 5.67. The Balaban J connectivity index is 1.54. The van der Waals surface area contributed by atoms with Crippen LogP contribution >= 0.6 is 11.6 Å². The van der Waals surface area contributed by atoms with Crippen molar-refractivity contribution in [1.29, 1.82) is 0 Å². The van der Waals surface area contributed by atoms with Gasteiger partial charge in [0.05, 0.1) is 29.7 Å². The molecule has 0 saturated carbocycles. The second-order valence-corrected chi connectivity index (χ2v) is 10.1. The van der Waals surface area contributed by atoms with Crippen molar-refractivity contribution < 1.29 is 9.53 Å². The highest BCUT2D eigenvalue weighted by Gasteiger charge is 2.26. The first-order valence-corrected chi connectivity index (χ1v) is 13.1. The van der Waals surface area contributed by atoms with Gasteiger partial charge in [-0.2, -0.15) is 0 Å². The van der Waals surface area contributed by atoms with Gasteiger partial charge < -0.3 is 25.2 Å². The molecule has 0 radical (unpaired) electrons. The molecule has 1 saturated heterocycles. The Morgan fingerprint density at radius 1 is 1.21 bits per heavy atom. The van der Waals surface area contributed by atoms with E-state index in [1.165, 1.54) is 6.08 Å². The summed E-state index contributed by atoms with van der Waals surface area (Å²) in [4.78, 5) is 26.2. The van der Waals surface area contributed by atoms with Gasteiger partial charge in [0.15, 0.2) is 0 Å². The number of likely N-dealkylation sites (N-methyl/N-ethyl adjacent to an activating group) is 2. The second kappa shape index (κ2) is 11.3. The Labute approximate surface area is 233 Å². The zero-order chi connectivity index (χ0) is 27.5. The van der Waals surface area contributed by atoms with Crippen molar-refractivity contribution in [3.63, 3.8) is 0 Å². The summed E-state index contributed by atoms with van der Waals surface area (Å²) >= 11 is 6.26. The van der Waals surface area contributed by atoms with E-state index in [1.807, 2.05) is 61.6 Å². The summed E-state index contributed by atoms with van der Waals surface area (Å²) in [6, 6.07) is 17.7. The molecule has 4 aromatic rings. The van der Waals surface area contributed by atoms with Crippen LogP contribution in [0, 0.1) is 0 Å². The van der Waals surface area contributed by atoms with E-state index >= 15 is 0 Å². The van der Waals surface area contributed by atoms with Crippen LogP contribution in [0.1, 0.15) is 6.42 Å². The minimum atomic E-state index is -0.294. The molecule has 8 nitrogen and oxygen atoms in total. The third-order valence-corrected chi connectivity index (χ3v) is 7.28. The number of methoxy groups -OCH3 is 1. The Hall–Kier alpha value is -4.14. The average Bonchev–Trinajstić information content (AvgIpc) is 3.38. The highest BCUT2D eigenvalue weighted by Crippen LogP contribution is 2.39. The number of carbonyl (C=O) groups is 1. The van der Waals surface area contributed by atoms with E-state index < -0.39 is 0 Å². The average molecular weight is 543 g/mol. The van der Waals surface area contributed by atoms with E-state index in [1.54, 1.807) is 13.3 Å². The summed E-state index contributed by atoms with van der Waals surface area (Å²) in [6.07, 6.45) is 4.07. The van der Waals surface area contributed by atoms with Gasteiger partial charge in [0.2, 0.25) is 11.9 Å². The number of nitrogens with zero attached hydrogens (tertiary/aromatic N) is 4.